The SMILES string of the molecule is Cc1cc(Br)ccc1N1C(=O)COc2ccccc21. The van der Waals surface area contributed by atoms with Crippen molar-refractivity contribution >= 4 is 33.2 Å². The van der Waals surface area contributed by atoms with Gasteiger partial charge < -0.3 is 4.74 Å². The lowest BCUT2D eigenvalue weighted by Gasteiger charge is -2.30. The van der Waals surface area contributed by atoms with Crippen LogP contribution in [0.1, 0.15) is 5.56 Å². The highest BCUT2D eigenvalue weighted by atomic mass is 79.9. The van der Waals surface area contributed by atoms with Gasteiger partial charge in [0.15, 0.2) is 6.61 Å². The lowest BCUT2D eigenvalue weighted by Crippen LogP contribution is -2.35. The highest BCUT2D eigenvalue weighted by Gasteiger charge is 2.27. The molecule has 4 heteroatoms. The number of rotatable bonds is 1. The highest BCUT2D eigenvalue weighted by Crippen LogP contribution is 2.38. The number of ether oxygens (including phenoxy) is 1. The van der Waals surface area contributed by atoms with Gasteiger partial charge in [0.1, 0.15) is 5.75 Å². The fourth-order valence-corrected chi connectivity index (χ4v) is 2.71. The molecule has 96 valence electrons. The number of hydrogen-bond donors (Lipinski definition) is 0. The Kier molecular flexibility index (Phi) is 3.03. The monoisotopic (exact) mass is 317 g/mol. The maximum absolute atomic E-state index is 12.2. The molecule has 0 aromatic heterocycles. The Morgan fingerprint density at radius 1 is 1.16 bits per heavy atom. The zero-order valence-electron chi connectivity index (χ0n) is 10.4. The number of aryl methyl sites for hydroxylation is 1. The van der Waals surface area contributed by atoms with E-state index in [2.05, 4.69) is 15.9 Å². The molecule has 2 aromatic carbocycles. The number of anilines is 2. The van der Waals surface area contributed by atoms with E-state index in [4.69, 9.17) is 4.74 Å². The normalized spacial score (nSPS) is 14.0. The number of hydrogen-bond acceptors (Lipinski definition) is 2. The minimum atomic E-state index is -0.0517. The Bertz CT molecular complexity index is 654. The van der Waals surface area contributed by atoms with Crippen molar-refractivity contribution in [2.45, 2.75) is 6.92 Å². The van der Waals surface area contributed by atoms with Crippen LogP contribution in [0.15, 0.2) is 46.9 Å². The van der Waals surface area contributed by atoms with Crippen LogP contribution in [0.2, 0.25) is 0 Å². The summed E-state index contributed by atoms with van der Waals surface area (Å²) in [5, 5.41) is 0. The minimum Gasteiger partial charge on any atom is -0.482 e. The number of carbonyl (C=O) groups excluding carboxylic acids is 1. The zero-order valence-corrected chi connectivity index (χ0v) is 12.0. The molecule has 0 fully saturated rings. The lowest BCUT2D eigenvalue weighted by molar-refractivity contribution is -0.120. The maximum atomic E-state index is 12.2. The average Bonchev–Trinajstić information content (AvgIpc) is 2.40. The molecule has 1 heterocycles. The Morgan fingerprint density at radius 3 is 2.74 bits per heavy atom. The molecule has 3 rings (SSSR count). The quantitative estimate of drug-likeness (QED) is 0.800. The summed E-state index contributed by atoms with van der Waals surface area (Å²) in [6.45, 7) is 2.07. The lowest BCUT2D eigenvalue weighted by atomic mass is 10.1. The topological polar surface area (TPSA) is 29.5 Å². The van der Waals surface area contributed by atoms with Crippen LogP contribution in [0.5, 0.6) is 5.75 Å². The second-order valence-corrected chi connectivity index (χ2v) is 5.33. The van der Waals surface area contributed by atoms with Crippen LogP contribution >= 0.6 is 15.9 Å². The number of para-hydroxylation sites is 2. The fraction of sp³-hybridized carbons (Fsp3) is 0.133. The van der Waals surface area contributed by atoms with Gasteiger partial charge in [0, 0.05) is 4.47 Å². The summed E-state index contributed by atoms with van der Waals surface area (Å²) in [7, 11) is 0. The largest absolute Gasteiger partial charge is 0.482 e. The van der Waals surface area contributed by atoms with E-state index >= 15 is 0 Å². The predicted octanol–water partition coefficient (Wildman–Crippen LogP) is 3.81. The molecule has 0 saturated carbocycles. The molecule has 0 aliphatic carbocycles. The Balaban J connectivity index is 2.16. The molecule has 1 amide bonds. The molecule has 0 atom stereocenters. The Morgan fingerprint density at radius 2 is 1.95 bits per heavy atom. The van der Waals surface area contributed by atoms with Crippen molar-refractivity contribution in [1.29, 1.82) is 0 Å². The molecular weight excluding hydrogens is 306 g/mol. The van der Waals surface area contributed by atoms with Crippen LogP contribution < -0.4 is 9.64 Å². The zero-order chi connectivity index (χ0) is 13.4. The summed E-state index contributed by atoms with van der Waals surface area (Å²) in [5.41, 5.74) is 2.73. The van der Waals surface area contributed by atoms with Crippen LogP contribution in [-0.2, 0) is 4.79 Å². The molecule has 1 aliphatic heterocycles. The van der Waals surface area contributed by atoms with Crippen molar-refractivity contribution in [2.75, 3.05) is 11.5 Å². The molecule has 3 nitrogen and oxygen atoms in total. The number of nitrogens with zero attached hydrogens (tertiary/aromatic N) is 1. The smallest absolute Gasteiger partial charge is 0.269 e. The summed E-state index contributed by atoms with van der Waals surface area (Å²) >= 11 is 3.44. The third kappa shape index (κ3) is 2.12. The number of carbonyl (C=O) groups is 1. The molecule has 2 aromatic rings. The van der Waals surface area contributed by atoms with E-state index in [-0.39, 0.29) is 12.5 Å². The minimum absolute atomic E-state index is 0.0517. The standard InChI is InChI=1S/C15H12BrNO2/c1-10-8-11(16)6-7-12(10)17-13-4-2-3-5-14(13)19-9-15(17)18/h2-8H,9H2,1H3. The molecule has 0 N–H and O–H groups in total. The summed E-state index contributed by atoms with van der Waals surface area (Å²) in [6, 6.07) is 13.5. The van der Waals surface area contributed by atoms with Gasteiger partial charge in [-0.2, -0.15) is 0 Å². The van der Waals surface area contributed by atoms with E-state index in [0.29, 0.717) is 0 Å². The van der Waals surface area contributed by atoms with Gasteiger partial charge in [-0.3, -0.25) is 9.69 Å². The molecule has 0 bridgehead atoms. The van der Waals surface area contributed by atoms with Crippen molar-refractivity contribution in [3.05, 3.63) is 52.5 Å². The van der Waals surface area contributed by atoms with E-state index < -0.39 is 0 Å². The van der Waals surface area contributed by atoms with Crippen LogP contribution in [0.25, 0.3) is 0 Å². The third-order valence-electron chi connectivity index (χ3n) is 3.11. The van der Waals surface area contributed by atoms with E-state index in [1.54, 1.807) is 4.90 Å². The van der Waals surface area contributed by atoms with Gasteiger partial charge in [-0.15, -0.1) is 0 Å². The number of fused-ring (bicyclic) bond motifs is 1. The van der Waals surface area contributed by atoms with Gasteiger partial charge in [0.25, 0.3) is 5.91 Å². The van der Waals surface area contributed by atoms with Crippen molar-refractivity contribution < 1.29 is 9.53 Å². The van der Waals surface area contributed by atoms with Gasteiger partial charge >= 0.3 is 0 Å². The first-order valence-electron chi connectivity index (χ1n) is 5.98. The summed E-state index contributed by atoms with van der Waals surface area (Å²) in [4.78, 5) is 13.9. The second-order valence-electron chi connectivity index (χ2n) is 4.42. The first-order chi connectivity index (χ1) is 9.16. The summed E-state index contributed by atoms with van der Waals surface area (Å²) < 4.78 is 6.45. The summed E-state index contributed by atoms with van der Waals surface area (Å²) in [5.74, 6) is 0.688. The van der Waals surface area contributed by atoms with Crippen molar-refractivity contribution in [1.82, 2.24) is 0 Å². The molecule has 0 radical (unpaired) electrons. The van der Waals surface area contributed by atoms with Gasteiger partial charge in [0.05, 0.1) is 11.4 Å². The molecule has 0 unspecified atom stereocenters. The van der Waals surface area contributed by atoms with E-state index in [1.807, 2.05) is 49.4 Å². The van der Waals surface area contributed by atoms with Crippen LogP contribution in [-0.4, -0.2) is 12.5 Å². The second kappa shape index (κ2) is 4.70. The van der Waals surface area contributed by atoms with E-state index in [0.717, 1.165) is 27.2 Å². The Hall–Kier alpha value is -1.81. The first-order valence-corrected chi connectivity index (χ1v) is 6.77. The molecule has 1 aliphatic rings. The van der Waals surface area contributed by atoms with E-state index in [9.17, 15) is 4.79 Å². The van der Waals surface area contributed by atoms with Gasteiger partial charge in [-0.1, -0.05) is 28.1 Å². The predicted molar refractivity (Wildman–Crippen MR) is 78.0 cm³/mol. The molecule has 0 spiro atoms. The van der Waals surface area contributed by atoms with Gasteiger partial charge in [0.2, 0.25) is 0 Å². The van der Waals surface area contributed by atoms with Gasteiger partial charge in [-0.25, -0.2) is 0 Å². The highest BCUT2D eigenvalue weighted by molar-refractivity contribution is 9.10. The fourth-order valence-electron chi connectivity index (χ4n) is 2.24. The molecular formula is C15H12BrNO2. The van der Waals surface area contributed by atoms with Gasteiger partial charge in [-0.05, 0) is 42.8 Å². The first kappa shape index (κ1) is 12.2. The van der Waals surface area contributed by atoms with Crippen molar-refractivity contribution in [2.24, 2.45) is 0 Å². The van der Waals surface area contributed by atoms with Crippen molar-refractivity contribution in [3.8, 4) is 5.75 Å². The average molecular weight is 318 g/mol. The number of amides is 1. The maximum Gasteiger partial charge on any atom is 0.269 e. The summed E-state index contributed by atoms with van der Waals surface area (Å²) in [6.07, 6.45) is 0. The van der Waals surface area contributed by atoms with Crippen LogP contribution in [0.4, 0.5) is 11.4 Å². The van der Waals surface area contributed by atoms with Crippen molar-refractivity contribution in [3.63, 3.8) is 0 Å². The number of halogens is 1. The number of benzene rings is 2. The third-order valence-corrected chi connectivity index (χ3v) is 3.60. The van der Waals surface area contributed by atoms with Crippen LogP contribution in [0, 0.1) is 6.92 Å². The van der Waals surface area contributed by atoms with E-state index in [1.165, 1.54) is 0 Å². The molecule has 19 heavy (non-hydrogen) atoms. The van der Waals surface area contributed by atoms with Crippen LogP contribution in [0.3, 0.4) is 0 Å². The Labute approximate surface area is 119 Å². The molecule has 0 saturated heterocycles.